The molecule has 0 nitrogen and oxygen atoms in total. The second-order valence-corrected chi connectivity index (χ2v) is 3.79. The first-order chi connectivity index (χ1) is 7.93. The molecule has 0 atom stereocenters. The smallest absolute Gasteiger partial charge is 0 e. The van der Waals surface area contributed by atoms with Crippen LogP contribution in [0.4, 0.5) is 0 Å². The van der Waals surface area contributed by atoms with E-state index >= 15 is 0 Å². The van der Waals surface area contributed by atoms with Crippen LogP contribution >= 0.6 is 0 Å². The number of rotatable bonds is 5. The molecule has 0 aliphatic rings. The normalized spacial score (nSPS) is 8.71. The summed E-state index contributed by atoms with van der Waals surface area (Å²) >= 11 is 0. The van der Waals surface area contributed by atoms with Crippen LogP contribution in [0.5, 0.6) is 0 Å². The van der Waals surface area contributed by atoms with Crippen molar-refractivity contribution >= 4 is 0 Å². The van der Waals surface area contributed by atoms with Crippen LogP contribution in [0.25, 0.3) is 0 Å². The van der Waals surface area contributed by atoms with E-state index in [1.165, 1.54) is 24.8 Å². The van der Waals surface area contributed by atoms with Gasteiger partial charge in [0.25, 0.3) is 0 Å². The molecule has 94 valence electrons. The Morgan fingerprint density at radius 1 is 1.00 bits per heavy atom. The Morgan fingerprint density at radius 2 is 1.65 bits per heavy atom. The summed E-state index contributed by atoms with van der Waals surface area (Å²) in [4.78, 5) is 0. The predicted molar refractivity (Wildman–Crippen MR) is 71.8 cm³/mol. The first-order valence-corrected chi connectivity index (χ1v) is 5.91. The Morgan fingerprint density at radius 3 is 2.12 bits per heavy atom. The first kappa shape index (κ1) is 16.0. The van der Waals surface area contributed by atoms with Gasteiger partial charge in [-0.05, 0) is 6.42 Å². The molecule has 0 aromatic heterocycles. The predicted octanol–water partition coefficient (Wildman–Crippen LogP) is 4.71. The molecule has 0 heterocycles. The molecule has 0 radical (unpaired) electrons. The van der Waals surface area contributed by atoms with Crippen molar-refractivity contribution in [2.75, 3.05) is 0 Å². The zero-order valence-electron chi connectivity index (χ0n) is 10.2. The van der Waals surface area contributed by atoms with Gasteiger partial charge >= 0.3 is 0 Å². The van der Waals surface area contributed by atoms with Gasteiger partial charge in [-0.1, -0.05) is 25.3 Å². The number of unbranched alkanes of at least 4 members (excludes halogenated alkanes) is 2. The third-order valence-corrected chi connectivity index (χ3v) is 2.41. The van der Waals surface area contributed by atoms with Crippen molar-refractivity contribution in [3.05, 3.63) is 72.8 Å². The SMILES string of the molecule is C=CCCCC[c-]1cccc1.[Fe].c1cc[cH-]c1. The maximum absolute atomic E-state index is 3.70. The van der Waals surface area contributed by atoms with Crippen LogP contribution in [0.15, 0.2) is 67.3 Å². The first-order valence-electron chi connectivity index (χ1n) is 5.91. The molecule has 2 rings (SSSR count). The van der Waals surface area contributed by atoms with E-state index in [0.717, 1.165) is 6.42 Å². The fourth-order valence-electron chi connectivity index (χ4n) is 1.52. The van der Waals surface area contributed by atoms with E-state index in [4.69, 9.17) is 0 Å². The minimum atomic E-state index is 0. The minimum Gasteiger partial charge on any atom is -0.214 e. The van der Waals surface area contributed by atoms with Crippen molar-refractivity contribution in [3.63, 3.8) is 0 Å². The molecular formula is C16H20Fe-2. The molecule has 0 spiro atoms. The topological polar surface area (TPSA) is 0 Å². The summed E-state index contributed by atoms with van der Waals surface area (Å²) < 4.78 is 0. The van der Waals surface area contributed by atoms with E-state index in [1.807, 2.05) is 36.4 Å². The van der Waals surface area contributed by atoms with Gasteiger partial charge in [-0.2, -0.15) is 35.9 Å². The summed E-state index contributed by atoms with van der Waals surface area (Å²) in [5, 5.41) is 0. The number of allylic oxidation sites excluding steroid dienone is 1. The van der Waals surface area contributed by atoms with Crippen molar-refractivity contribution in [2.24, 2.45) is 0 Å². The Hall–Kier alpha value is -1.04. The van der Waals surface area contributed by atoms with E-state index < -0.39 is 0 Å². The largest absolute Gasteiger partial charge is 0.214 e. The summed E-state index contributed by atoms with van der Waals surface area (Å²) in [5.74, 6) is 0. The van der Waals surface area contributed by atoms with Gasteiger partial charge in [0.2, 0.25) is 0 Å². The van der Waals surface area contributed by atoms with Crippen molar-refractivity contribution in [2.45, 2.75) is 25.7 Å². The van der Waals surface area contributed by atoms with Crippen LogP contribution in [0.2, 0.25) is 0 Å². The van der Waals surface area contributed by atoms with Crippen molar-refractivity contribution in [1.82, 2.24) is 0 Å². The van der Waals surface area contributed by atoms with E-state index in [1.54, 1.807) is 0 Å². The Kier molecular flexibility index (Phi) is 10.7. The quantitative estimate of drug-likeness (QED) is 0.319. The number of hydrogen-bond donors (Lipinski definition) is 0. The van der Waals surface area contributed by atoms with Crippen LogP contribution < -0.4 is 0 Å². The number of hydrogen-bond acceptors (Lipinski definition) is 0. The molecule has 0 saturated carbocycles. The van der Waals surface area contributed by atoms with Crippen molar-refractivity contribution in [3.8, 4) is 0 Å². The van der Waals surface area contributed by atoms with Gasteiger partial charge in [-0.25, -0.2) is 24.3 Å². The molecule has 0 bridgehead atoms. The molecule has 1 heteroatoms. The molecule has 0 aliphatic carbocycles. The molecule has 2 aromatic carbocycles. The summed E-state index contributed by atoms with van der Waals surface area (Å²) in [6.07, 6.45) is 6.93. The Balaban J connectivity index is 0.000000360. The van der Waals surface area contributed by atoms with Crippen molar-refractivity contribution in [1.29, 1.82) is 0 Å². The van der Waals surface area contributed by atoms with Gasteiger partial charge in [0, 0.05) is 17.1 Å². The average molecular weight is 268 g/mol. The van der Waals surface area contributed by atoms with Gasteiger partial charge in [-0.3, -0.25) is 0 Å². The summed E-state index contributed by atoms with van der Waals surface area (Å²) in [7, 11) is 0. The zero-order chi connectivity index (χ0) is 11.5. The maximum atomic E-state index is 3.70. The number of aryl methyl sites for hydroxylation is 1. The van der Waals surface area contributed by atoms with Crippen molar-refractivity contribution < 1.29 is 17.1 Å². The van der Waals surface area contributed by atoms with Gasteiger partial charge in [0.15, 0.2) is 0 Å². The molecule has 0 aliphatic heterocycles. The summed E-state index contributed by atoms with van der Waals surface area (Å²) in [5.41, 5.74) is 1.47. The van der Waals surface area contributed by atoms with Gasteiger partial charge in [0.1, 0.15) is 0 Å². The third-order valence-electron chi connectivity index (χ3n) is 2.41. The second kappa shape index (κ2) is 11.4. The van der Waals surface area contributed by atoms with Gasteiger partial charge < -0.3 is 0 Å². The molecule has 0 N–H and O–H groups in total. The third kappa shape index (κ3) is 8.74. The van der Waals surface area contributed by atoms with Crippen LogP contribution in [-0.2, 0) is 23.5 Å². The Labute approximate surface area is 116 Å². The molecule has 0 unspecified atom stereocenters. The average Bonchev–Trinajstić information content (AvgIpc) is 2.99. The van der Waals surface area contributed by atoms with E-state index in [0.29, 0.717) is 0 Å². The molecule has 17 heavy (non-hydrogen) atoms. The molecule has 0 saturated heterocycles. The molecular weight excluding hydrogens is 248 g/mol. The van der Waals surface area contributed by atoms with Crippen LogP contribution in [-0.4, -0.2) is 0 Å². The fourth-order valence-corrected chi connectivity index (χ4v) is 1.52. The molecule has 2 aromatic rings. The monoisotopic (exact) mass is 268 g/mol. The van der Waals surface area contributed by atoms with Crippen LogP contribution in [0, 0.1) is 0 Å². The summed E-state index contributed by atoms with van der Waals surface area (Å²) in [6, 6.07) is 18.6. The zero-order valence-corrected chi connectivity index (χ0v) is 11.3. The second-order valence-electron chi connectivity index (χ2n) is 3.79. The van der Waals surface area contributed by atoms with E-state index in [2.05, 4.69) is 30.8 Å². The molecule has 0 fully saturated rings. The van der Waals surface area contributed by atoms with Gasteiger partial charge in [-0.15, -0.1) is 6.58 Å². The molecule has 0 amide bonds. The van der Waals surface area contributed by atoms with E-state index in [9.17, 15) is 0 Å². The van der Waals surface area contributed by atoms with Crippen LogP contribution in [0.1, 0.15) is 24.8 Å². The van der Waals surface area contributed by atoms with Gasteiger partial charge in [0.05, 0.1) is 0 Å². The Bertz CT molecular complexity index is 312. The summed E-state index contributed by atoms with van der Waals surface area (Å²) in [6.45, 7) is 3.70. The fraction of sp³-hybridized carbons (Fsp3) is 0.250. The standard InChI is InChI=1S/C11H15.C5H5.Fe/c1-2-3-4-5-8-11-9-6-7-10-11;1-2-4-5-3-1;/h2,6-7,9-10H,1,3-5,8H2;1-5H;/q2*-1;. The minimum absolute atomic E-state index is 0. The maximum Gasteiger partial charge on any atom is 0 e. The van der Waals surface area contributed by atoms with E-state index in [-0.39, 0.29) is 17.1 Å². The van der Waals surface area contributed by atoms with Crippen LogP contribution in [0.3, 0.4) is 0 Å².